The van der Waals surface area contributed by atoms with Crippen molar-refractivity contribution in [2.45, 2.75) is 64.8 Å². The van der Waals surface area contributed by atoms with Gasteiger partial charge in [0, 0.05) is 5.54 Å². The second-order valence-electron chi connectivity index (χ2n) is 7.41. The lowest BCUT2D eigenvalue weighted by Crippen LogP contribution is -2.55. The van der Waals surface area contributed by atoms with Crippen LogP contribution in [0.5, 0.6) is 0 Å². The monoisotopic (exact) mass is 273 g/mol. The van der Waals surface area contributed by atoms with Crippen LogP contribution in [0, 0.1) is 17.3 Å². The maximum Gasteiger partial charge on any atom is 0.209 e. The van der Waals surface area contributed by atoms with Crippen molar-refractivity contribution >= 4 is 10.0 Å². The summed E-state index contributed by atoms with van der Waals surface area (Å²) in [7, 11) is -3.11. The zero-order chi connectivity index (χ0) is 13.6. The van der Waals surface area contributed by atoms with Crippen LogP contribution in [0.3, 0.4) is 0 Å². The standard InChI is InChI=1S/C14H27NO2S/c1-5-11-6-12-8-13(2,7-11)10-14(3,9-12)15-18(4,16)17/h11-12,15H,5-10H2,1-4H3. The first-order valence-electron chi connectivity index (χ1n) is 7.12. The molecule has 3 nitrogen and oxygen atoms in total. The average Bonchev–Trinajstić information content (AvgIpc) is 2.09. The highest BCUT2D eigenvalue weighted by Crippen LogP contribution is 2.54. The van der Waals surface area contributed by atoms with Crippen molar-refractivity contribution in [2.24, 2.45) is 17.3 Å². The Labute approximate surface area is 112 Å². The maximum atomic E-state index is 11.5. The summed E-state index contributed by atoms with van der Waals surface area (Å²) in [6.45, 7) is 6.72. The van der Waals surface area contributed by atoms with E-state index < -0.39 is 10.0 Å². The van der Waals surface area contributed by atoms with E-state index >= 15 is 0 Å². The molecule has 2 rings (SSSR count). The molecule has 4 atom stereocenters. The second-order valence-corrected chi connectivity index (χ2v) is 9.16. The molecule has 0 spiro atoms. The van der Waals surface area contributed by atoms with Gasteiger partial charge in [-0.25, -0.2) is 13.1 Å². The van der Waals surface area contributed by atoms with E-state index in [2.05, 4.69) is 25.5 Å². The van der Waals surface area contributed by atoms with Crippen LogP contribution in [-0.4, -0.2) is 20.2 Å². The molecule has 0 aromatic heterocycles. The molecule has 0 aliphatic heterocycles. The molecule has 2 bridgehead atoms. The third-order valence-electron chi connectivity index (χ3n) is 4.79. The van der Waals surface area contributed by atoms with Gasteiger partial charge in [0.1, 0.15) is 0 Å². The first kappa shape index (κ1) is 14.3. The van der Waals surface area contributed by atoms with Crippen LogP contribution < -0.4 is 4.72 Å². The van der Waals surface area contributed by atoms with Crippen molar-refractivity contribution in [3.63, 3.8) is 0 Å². The van der Waals surface area contributed by atoms with E-state index in [-0.39, 0.29) is 5.54 Å². The van der Waals surface area contributed by atoms with Crippen molar-refractivity contribution in [3.05, 3.63) is 0 Å². The molecule has 0 saturated heterocycles. The molecular formula is C14H27NO2S. The van der Waals surface area contributed by atoms with Gasteiger partial charge in [-0.3, -0.25) is 0 Å². The predicted molar refractivity (Wildman–Crippen MR) is 74.8 cm³/mol. The Morgan fingerprint density at radius 2 is 1.89 bits per heavy atom. The van der Waals surface area contributed by atoms with Crippen LogP contribution in [-0.2, 0) is 10.0 Å². The Bertz CT molecular complexity index is 420. The molecule has 18 heavy (non-hydrogen) atoms. The molecule has 1 N–H and O–H groups in total. The fraction of sp³-hybridized carbons (Fsp3) is 1.00. The number of hydrogen-bond donors (Lipinski definition) is 1. The van der Waals surface area contributed by atoms with Crippen molar-refractivity contribution < 1.29 is 8.42 Å². The quantitative estimate of drug-likeness (QED) is 0.859. The summed E-state index contributed by atoms with van der Waals surface area (Å²) in [5, 5.41) is 0. The highest BCUT2D eigenvalue weighted by atomic mass is 32.2. The zero-order valence-electron chi connectivity index (χ0n) is 12.1. The van der Waals surface area contributed by atoms with Gasteiger partial charge in [0.15, 0.2) is 0 Å². The zero-order valence-corrected chi connectivity index (χ0v) is 12.9. The molecule has 0 amide bonds. The summed E-state index contributed by atoms with van der Waals surface area (Å²) in [4.78, 5) is 0. The lowest BCUT2D eigenvalue weighted by molar-refractivity contribution is 0.00897. The molecule has 106 valence electrons. The second kappa shape index (κ2) is 4.48. The Morgan fingerprint density at radius 1 is 1.22 bits per heavy atom. The van der Waals surface area contributed by atoms with Crippen LogP contribution in [0.1, 0.15) is 59.3 Å². The van der Waals surface area contributed by atoms with Gasteiger partial charge >= 0.3 is 0 Å². The minimum absolute atomic E-state index is 0.232. The Morgan fingerprint density at radius 3 is 2.39 bits per heavy atom. The molecular weight excluding hydrogens is 246 g/mol. The minimum atomic E-state index is -3.11. The minimum Gasteiger partial charge on any atom is -0.213 e. The summed E-state index contributed by atoms with van der Waals surface area (Å²) < 4.78 is 26.0. The molecule has 4 unspecified atom stereocenters. The summed E-state index contributed by atoms with van der Waals surface area (Å²) in [6, 6.07) is 0. The Kier molecular flexibility index (Phi) is 3.56. The highest BCUT2D eigenvalue weighted by Gasteiger charge is 2.48. The molecule has 2 fully saturated rings. The number of hydrogen-bond acceptors (Lipinski definition) is 2. The molecule has 0 radical (unpaired) electrons. The predicted octanol–water partition coefficient (Wildman–Crippen LogP) is 2.92. The van der Waals surface area contributed by atoms with E-state index in [1.54, 1.807) is 0 Å². The maximum absolute atomic E-state index is 11.5. The summed E-state index contributed by atoms with van der Waals surface area (Å²) in [5.74, 6) is 1.54. The van der Waals surface area contributed by atoms with Gasteiger partial charge in [0.2, 0.25) is 10.0 Å². The van der Waals surface area contributed by atoms with E-state index in [0.717, 1.165) is 18.8 Å². The number of fused-ring (bicyclic) bond motifs is 2. The lowest BCUT2D eigenvalue weighted by atomic mass is 9.55. The van der Waals surface area contributed by atoms with Gasteiger partial charge in [-0.05, 0) is 56.3 Å². The summed E-state index contributed by atoms with van der Waals surface area (Å²) >= 11 is 0. The lowest BCUT2D eigenvalue weighted by Gasteiger charge is -2.53. The fourth-order valence-electron chi connectivity index (χ4n) is 4.90. The molecule has 2 aliphatic carbocycles. The molecule has 2 saturated carbocycles. The number of sulfonamides is 1. The Hall–Kier alpha value is -0.0900. The first-order valence-corrected chi connectivity index (χ1v) is 9.01. The molecule has 0 aromatic rings. The molecule has 2 aliphatic rings. The first-order chi connectivity index (χ1) is 8.13. The molecule has 4 heteroatoms. The number of rotatable bonds is 3. The van der Waals surface area contributed by atoms with E-state index in [4.69, 9.17) is 0 Å². The fourth-order valence-corrected chi connectivity index (χ4v) is 5.95. The van der Waals surface area contributed by atoms with E-state index in [1.807, 2.05) is 0 Å². The van der Waals surface area contributed by atoms with Crippen molar-refractivity contribution in [3.8, 4) is 0 Å². The van der Waals surface area contributed by atoms with Crippen molar-refractivity contribution in [2.75, 3.05) is 6.26 Å². The largest absolute Gasteiger partial charge is 0.213 e. The summed E-state index contributed by atoms with van der Waals surface area (Å²) in [6.07, 6.45) is 8.37. The molecule has 0 aromatic carbocycles. The number of nitrogens with one attached hydrogen (secondary N) is 1. The average molecular weight is 273 g/mol. The van der Waals surface area contributed by atoms with E-state index in [0.29, 0.717) is 11.3 Å². The summed E-state index contributed by atoms with van der Waals surface area (Å²) in [5.41, 5.74) is 0.0955. The van der Waals surface area contributed by atoms with Gasteiger partial charge in [-0.15, -0.1) is 0 Å². The van der Waals surface area contributed by atoms with E-state index in [1.165, 1.54) is 31.9 Å². The van der Waals surface area contributed by atoms with Crippen molar-refractivity contribution in [1.82, 2.24) is 4.72 Å². The highest BCUT2D eigenvalue weighted by molar-refractivity contribution is 7.88. The Balaban J connectivity index is 2.17. The van der Waals surface area contributed by atoms with Gasteiger partial charge in [0.25, 0.3) is 0 Å². The smallest absolute Gasteiger partial charge is 0.209 e. The third kappa shape index (κ3) is 3.27. The topological polar surface area (TPSA) is 46.2 Å². The van der Waals surface area contributed by atoms with Crippen LogP contribution in [0.4, 0.5) is 0 Å². The van der Waals surface area contributed by atoms with Crippen LogP contribution in [0.2, 0.25) is 0 Å². The SMILES string of the molecule is CCC1CC2CC(C)(C1)CC(C)(NS(C)(=O)=O)C2. The van der Waals surface area contributed by atoms with Gasteiger partial charge in [0.05, 0.1) is 6.26 Å². The van der Waals surface area contributed by atoms with Gasteiger partial charge in [-0.1, -0.05) is 20.3 Å². The molecule has 0 heterocycles. The van der Waals surface area contributed by atoms with Crippen LogP contribution >= 0.6 is 0 Å². The normalized spacial score (nSPS) is 44.9. The van der Waals surface area contributed by atoms with Crippen LogP contribution in [0.15, 0.2) is 0 Å². The van der Waals surface area contributed by atoms with Gasteiger partial charge < -0.3 is 0 Å². The van der Waals surface area contributed by atoms with Crippen molar-refractivity contribution in [1.29, 1.82) is 0 Å². The van der Waals surface area contributed by atoms with Crippen LogP contribution in [0.25, 0.3) is 0 Å². The van der Waals surface area contributed by atoms with E-state index in [9.17, 15) is 8.42 Å². The third-order valence-corrected chi connectivity index (χ3v) is 5.66. The van der Waals surface area contributed by atoms with Gasteiger partial charge in [-0.2, -0.15) is 0 Å².